The fourth-order valence-electron chi connectivity index (χ4n) is 2.29. The van der Waals surface area contributed by atoms with Crippen LogP contribution in [0.5, 0.6) is 0 Å². The largest absolute Gasteiger partial charge is 0.356 e. The molecule has 0 unspecified atom stereocenters. The first kappa shape index (κ1) is 23.6. The number of carbonyl (C=O) groups is 1. The molecule has 6 nitrogen and oxygen atoms in total. The molecule has 7 heteroatoms. The van der Waals surface area contributed by atoms with Crippen LogP contribution in [0, 0.1) is 5.92 Å². The van der Waals surface area contributed by atoms with Crippen LogP contribution in [0.15, 0.2) is 29.4 Å². The molecular formula is C18H32IN5O. The van der Waals surface area contributed by atoms with Crippen LogP contribution in [0.2, 0.25) is 0 Å². The second kappa shape index (κ2) is 13.9. The Morgan fingerprint density at radius 1 is 1.28 bits per heavy atom. The Balaban J connectivity index is 0.00000576. The van der Waals surface area contributed by atoms with Gasteiger partial charge < -0.3 is 15.5 Å². The van der Waals surface area contributed by atoms with E-state index >= 15 is 0 Å². The van der Waals surface area contributed by atoms with Gasteiger partial charge in [0.2, 0.25) is 5.91 Å². The van der Waals surface area contributed by atoms with Crippen LogP contribution in [0.3, 0.4) is 0 Å². The van der Waals surface area contributed by atoms with E-state index in [-0.39, 0.29) is 36.4 Å². The summed E-state index contributed by atoms with van der Waals surface area (Å²) in [7, 11) is 3.53. The molecule has 0 radical (unpaired) electrons. The Morgan fingerprint density at radius 3 is 2.56 bits per heavy atom. The number of aliphatic imine (C=N–C) groups is 1. The van der Waals surface area contributed by atoms with E-state index in [4.69, 9.17) is 0 Å². The highest BCUT2D eigenvalue weighted by molar-refractivity contribution is 14.0. The molecule has 1 aromatic heterocycles. The average molecular weight is 461 g/mol. The SMILES string of the molecule is CCC(CC)CNC(=NC)NCC(=O)N(C)CCc1ccccn1.I. The summed E-state index contributed by atoms with van der Waals surface area (Å²) in [5.74, 6) is 1.34. The van der Waals surface area contributed by atoms with E-state index in [0.717, 1.165) is 31.5 Å². The molecular weight excluding hydrogens is 429 g/mol. The number of rotatable bonds is 9. The highest BCUT2D eigenvalue weighted by Crippen LogP contribution is 2.04. The standard InChI is InChI=1S/C18H31N5O.HI/c1-5-15(6-2)13-21-18(19-3)22-14-17(24)23(4)12-10-16-9-7-8-11-20-16;/h7-9,11,15H,5-6,10,12-14H2,1-4H3,(H2,19,21,22);1H. The van der Waals surface area contributed by atoms with Gasteiger partial charge in [-0.15, -0.1) is 24.0 Å². The van der Waals surface area contributed by atoms with Crippen molar-refractivity contribution in [1.82, 2.24) is 20.5 Å². The van der Waals surface area contributed by atoms with Gasteiger partial charge in [0.25, 0.3) is 0 Å². The van der Waals surface area contributed by atoms with Gasteiger partial charge in [-0.2, -0.15) is 0 Å². The monoisotopic (exact) mass is 461 g/mol. The quantitative estimate of drug-likeness (QED) is 0.337. The number of nitrogens with zero attached hydrogens (tertiary/aromatic N) is 3. The third-order valence-corrected chi connectivity index (χ3v) is 4.20. The zero-order chi connectivity index (χ0) is 17.8. The first-order valence-electron chi connectivity index (χ1n) is 8.69. The number of hydrogen-bond acceptors (Lipinski definition) is 3. The minimum Gasteiger partial charge on any atom is -0.356 e. The van der Waals surface area contributed by atoms with Crippen LogP contribution >= 0.6 is 24.0 Å². The fraction of sp³-hybridized carbons (Fsp3) is 0.611. The average Bonchev–Trinajstić information content (AvgIpc) is 2.63. The number of hydrogen-bond donors (Lipinski definition) is 2. The van der Waals surface area contributed by atoms with E-state index in [9.17, 15) is 4.79 Å². The maximum Gasteiger partial charge on any atom is 0.241 e. The van der Waals surface area contributed by atoms with Crippen molar-refractivity contribution in [1.29, 1.82) is 0 Å². The molecule has 1 heterocycles. The molecule has 0 bridgehead atoms. The van der Waals surface area contributed by atoms with Crippen molar-refractivity contribution in [2.24, 2.45) is 10.9 Å². The molecule has 0 atom stereocenters. The van der Waals surface area contributed by atoms with Gasteiger partial charge in [0.1, 0.15) is 0 Å². The van der Waals surface area contributed by atoms with Crippen LogP contribution in [-0.4, -0.2) is 55.5 Å². The molecule has 0 aliphatic heterocycles. The van der Waals surface area contributed by atoms with E-state index in [1.54, 1.807) is 18.1 Å². The number of guanidine groups is 1. The maximum absolute atomic E-state index is 12.2. The number of amides is 1. The van der Waals surface area contributed by atoms with Gasteiger partial charge in [-0.05, 0) is 18.1 Å². The summed E-state index contributed by atoms with van der Waals surface area (Å²) in [6, 6.07) is 5.82. The minimum atomic E-state index is 0. The Kier molecular flexibility index (Phi) is 13.1. The summed E-state index contributed by atoms with van der Waals surface area (Å²) in [4.78, 5) is 22.4. The number of likely N-dealkylation sites (N-methyl/N-ethyl adjacent to an activating group) is 1. The van der Waals surface area contributed by atoms with Crippen LogP contribution < -0.4 is 10.6 Å². The van der Waals surface area contributed by atoms with Crippen molar-refractivity contribution >= 4 is 35.8 Å². The topological polar surface area (TPSA) is 69.6 Å². The Bertz CT molecular complexity index is 505. The first-order valence-corrected chi connectivity index (χ1v) is 8.69. The Morgan fingerprint density at radius 2 is 2.00 bits per heavy atom. The number of carbonyl (C=O) groups excluding carboxylic acids is 1. The van der Waals surface area contributed by atoms with Gasteiger partial charge in [-0.1, -0.05) is 32.8 Å². The van der Waals surface area contributed by atoms with Crippen molar-refractivity contribution in [3.05, 3.63) is 30.1 Å². The predicted molar refractivity (Wildman–Crippen MR) is 114 cm³/mol. The molecule has 25 heavy (non-hydrogen) atoms. The minimum absolute atomic E-state index is 0. The molecule has 0 saturated carbocycles. The normalized spacial score (nSPS) is 11.0. The Hall–Kier alpha value is -1.38. The lowest BCUT2D eigenvalue weighted by atomic mass is 10.0. The molecule has 0 saturated heterocycles. The lowest BCUT2D eigenvalue weighted by Crippen LogP contribution is -2.45. The van der Waals surface area contributed by atoms with Crippen molar-refractivity contribution < 1.29 is 4.79 Å². The molecule has 1 amide bonds. The van der Waals surface area contributed by atoms with Gasteiger partial charge in [0.05, 0.1) is 6.54 Å². The third-order valence-electron chi connectivity index (χ3n) is 4.20. The van der Waals surface area contributed by atoms with Crippen LogP contribution in [0.1, 0.15) is 32.4 Å². The van der Waals surface area contributed by atoms with Crippen LogP contribution in [-0.2, 0) is 11.2 Å². The fourth-order valence-corrected chi connectivity index (χ4v) is 2.29. The van der Waals surface area contributed by atoms with Crippen molar-refractivity contribution in [2.75, 3.05) is 33.7 Å². The van der Waals surface area contributed by atoms with E-state index in [2.05, 4.69) is 34.5 Å². The van der Waals surface area contributed by atoms with Gasteiger partial charge in [-0.3, -0.25) is 14.8 Å². The highest BCUT2D eigenvalue weighted by Gasteiger charge is 2.10. The van der Waals surface area contributed by atoms with Crippen molar-refractivity contribution in [2.45, 2.75) is 33.1 Å². The predicted octanol–water partition coefficient (Wildman–Crippen LogP) is 2.30. The molecule has 142 valence electrons. The van der Waals surface area contributed by atoms with Gasteiger partial charge in [0.15, 0.2) is 5.96 Å². The van der Waals surface area contributed by atoms with E-state index < -0.39 is 0 Å². The van der Waals surface area contributed by atoms with Crippen molar-refractivity contribution in [3.8, 4) is 0 Å². The molecule has 0 spiro atoms. The summed E-state index contributed by atoms with van der Waals surface area (Å²) in [5.41, 5.74) is 0.993. The number of aromatic nitrogens is 1. The van der Waals surface area contributed by atoms with Gasteiger partial charge in [0, 0.05) is 45.5 Å². The van der Waals surface area contributed by atoms with E-state index in [1.165, 1.54) is 0 Å². The first-order chi connectivity index (χ1) is 11.6. The lowest BCUT2D eigenvalue weighted by molar-refractivity contribution is -0.128. The second-order valence-electron chi connectivity index (χ2n) is 5.88. The lowest BCUT2D eigenvalue weighted by Gasteiger charge is -2.19. The molecule has 1 aromatic rings. The van der Waals surface area contributed by atoms with Crippen LogP contribution in [0.4, 0.5) is 0 Å². The number of halogens is 1. The summed E-state index contributed by atoms with van der Waals surface area (Å²) >= 11 is 0. The van der Waals surface area contributed by atoms with Gasteiger partial charge >= 0.3 is 0 Å². The summed E-state index contributed by atoms with van der Waals surface area (Å²) < 4.78 is 0. The summed E-state index contributed by atoms with van der Waals surface area (Å²) in [6.07, 6.45) is 4.80. The molecule has 0 fully saturated rings. The van der Waals surface area contributed by atoms with E-state index in [1.807, 2.05) is 25.2 Å². The second-order valence-corrected chi connectivity index (χ2v) is 5.88. The molecule has 1 rings (SSSR count). The zero-order valence-corrected chi connectivity index (χ0v) is 18.1. The zero-order valence-electron chi connectivity index (χ0n) is 15.8. The smallest absolute Gasteiger partial charge is 0.241 e. The molecule has 0 aromatic carbocycles. The third kappa shape index (κ3) is 9.62. The summed E-state index contributed by atoms with van der Waals surface area (Å²) in [5, 5.41) is 6.37. The number of nitrogens with one attached hydrogen (secondary N) is 2. The Labute approximate surface area is 168 Å². The van der Waals surface area contributed by atoms with E-state index in [0.29, 0.717) is 18.4 Å². The molecule has 2 N–H and O–H groups in total. The number of pyridine rings is 1. The maximum atomic E-state index is 12.2. The highest BCUT2D eigenvalue weighted by atomic mass is 127. The molecule has 0 aliphatic carbocycles. The van der Waals surface area contributed by atoms with Crippen LogP contribution in [0.25, 0.3) is 0 Å². The molecule has 0 aliphatic rings. The summed E-state index contributed by atoms with van der Waals surface area (Å²) in [6.45, 7) is 6.13. The van der Waals surface area contributed by atoms with Gasteiger partial charge in [-0.25, -0.2) is 0 Å². The van der Waals surface area contributed by atoms with Crippen molar-refractivity contribution in [3.63, 3.8) is 0 Å².